The number of allylic oxidation sites excluding steroid dienone is 8. The molecule has 0 aliphatic rings. The van der Waals surface area contributed by atoms with Crippen molar-refractivity contribution in [3.8, 4) is 0 Å². The maximum Gasteiger partial charge on any atom is 0.328 e. The quantitative estimate of drug-likeness (QED) is 0.0271. The molecule has 0 rings (SSSR count). The Balaban J connectivity index is 4.36. The molecule has 0 spiro atoms. The maximum atomic E-state index is 12.9. The molecule has 2 amide bonds. The molecule has 2 unspecified atom stereocenters. The highest BCUT2D eigenvalue weighted by atomic mass is 16.5. The minimum Gasteiger partial charge on any atom is -0.480 e. The Bertz CT molecular complexity index is 1160. The van der Waals surface area contributed by atoms with Gasteiger partial charge in [0.05, 0.1) is 13.2 Å². The van der Waals surface area contributed by atoms with E-state index >= 15 is 0 Å². The molecular weight excluding hydrogens is 765 g/mol. The summed E-state index contributed by atoms with van der Waals surface area (Å²) in [4.78, 5) is 47.8. The lowest BCUT2D eigenvalue weighted by Gasteiger charge is -2.18. The Morgan fingerprint density at radius 1 is 0.508 bits per heavy atom. The predicted molar refractivity (Wildman–Crippen MR) is 254 cm³/mol. The topological polar surface area (TPSA) is 142 Å². The van der Waals surface area contributed by atoms with Gasteiger partial charge < -0.3 is 25.6 Å². The second-order valence-corrected chi connectivity index (χ2v) is 16.9. The van der Waals surface area contributed by atoms with Gasteiger partial charge in [-0.1, -0.05) is 191 Å². The van der Waals surface area contributed by atoms with Gasteiger partial charge in [0.2, 0.25) is 11.8 Å². The number of rotatable bonds is 45. The van der Waals surface area contributed by atoms with Crippen LogP contribution in [0.3, 0.4) is 0 Å². The second-order valence-electron chi connectivity index (χ2n) is 16.9. The number of carbonyl (C=O) groups is 4. The van der Waals surface area contributed by atoms with Gasteiger partial charge in [0.1, 0.15) is 12.1 Å². The highest BCUT2D eigenvalue weighted by Crippen LogP contribution is 2.19. The van der Waals surface area contributed by atoms with Crippen LogP contribution in [0, 0.1) is 0 Å². The first-order valence-corrected chi connectivity index (χ1v) is 25.0. The lowest BCUT2D eigenvalue weighted by molar-refractivity contribution is -0.150. The number of hydrogen-bond donors (Lipinski definition) is 4. The van der Waals surface area contributed by atoms with Crippen LogP contribution in [-0.4, -0.2) is 59.3 Å². The Labute approximate surface area is 373 Å². The molecule has 9 nitrogen and oxygen atoms in total. The summed E-state index contributed by atoms with van der Waals surface area (Å²) < 4.78 is 6.05. The molecule has 0 aromatic carbocycles. The van der Waals surface area contributed by atoms with Crippen LogP contribution in [0.25, 0.3) is 0 Å². The Morgan fingerprint density at radius 3 is 1.41 bits per heavy atom. The molecule has 0 saturated heterocycles. The molecule has 0 aliphatic carbocycles. The van der Waals surface area contributed by atoms with E-state index in [1.54, 1.807) is 0 Å². The normalized spacial score (nSPS) is 12.8. The Morgan fingerprint density at radius 2 is 0.934 bits per heavy atom. The number of carboxylic acids is 1. The summed E-state index contributed by atoms with van der Waals surface area (Å²) in [6.45, 7) is 3.38. The fraction of sp³-hybridized carbons (Fsp3) is 0.769. The molecule has 9 heteroatoms. The molecule has 61 heavy (non-hydrogen) atoms. The third kappa shape index (κ3) is 43.3. The lowest BCUT2D eigenvalue weighted by atomic mass is 10.0. The van der Waals surface area contributed by atoms with Gasteiger partial charge in [-0.05, 0) is 77.0 Å². The van der Waals surface area contributed by atoms with Gasteiger partial charge in [0.25, 0.3) is 0 Å². The van der Waals surface area contributed by atoms with Gasteiger partial charge in [0, 0.05) is 12.8 Å². The summed E-state index contributed by atoms with van der Waals surface area (Å²) in [6, 6.07) is -1.39. The van der Waals surface area contributed by atoms with Crippen LogP contribution in [-0.2, 0) is 23.9 Å². The highest BCUT2D eigenvalue weighted by molar-refractivity contribution is 5.87. The van der Waals surface area contributed by atoms with Crippen molar-refractivity contribution in [1.82, 2.24) is 10.6 Å². The zero-order valence-corrected chi connectivity index (χ0v) is 39.2. The van der Waals surface area contributed by atoms with E-state index < -0.39 is 24.5 Å². The van der Waals surface area contributed by atoms with E-state index in [9.17, 15) is 19.2 Å². The second kappa shape index (κ2) is 46.3. The zero-order valence-electron chi connectivity index (χ0n) is 39.2. The standard InChI is InChI=1S/C52H92N2O7/c1-3-5-7-9-11-13-15-17-19-20-21-23-25-27-29-31-36-40-44-51(58)61-47(41-37-33-30-28-26-24-22-18-16-14-12-10-8-6-4-2)42-38-34-32-35-39-43-49(56)53-45-50(57)54-48(46-55)52(59)60/h6,8,12,14,18,22,26,28,47-48,55H,3-5,7,9-11,13,15-17,19-21,23-25,27,29-46H2,1-2H3,(H,53,56)(H,54,57)(H,59,60)/b8-6-,14-12-,22-18-,28-26-. The summed E-state index contributed by atoms with van der Waals surface area (Å²) in [7, 11) is 0. The van der Waals surface area contributed by atoms with E-state index in [-0.39, 0.29) is 30.9 Å². The van der Waals surface area contributed by atoms with Gasteiger partial charge in [-0.15, -0.1) is 0 Å². The monoisotopic (exact) mass is 857 g/mol. The smallest absolute Gasteiger partial charge is 0.328 e. The van der Waals surface area contributed by atoms with Crippen LogP contribution in [0.5, 0.6) is 0 Å². The summed E-state index contributed by atoms with van der Waals surface area (Å²) in [5.74, 6) is -2.32. The number of nitrogens with one attached hydrogen (secondary N) is 2. The first-order valence-electron chi connectivity index (χ1n) is 25.0. The minimum atomic E-state index is -1.39. The number of aliphatic hydroxyl groups is 1. The van der Waals surface area contributed by atoms with Gasteiger partial charge in [0.15, 0.2) is 0 Å². The van der Waals surface area contributed by atoms with Crippen LogP contribution in [0.4, 0.5) is 0 Å². The number of unbranched alkanes of at least 4 members (excludes halogenated alkanes) is 23. The maximum absolute atomic E-state index is 12.9. The number of hydrogen-bond acceptors (Lipinski definition) is 6. The van der Waals surface area contributed by atoms with Crippen LogP contribution >= 0.6 is 0 Å². The third-order valence-electron chi connectivity index (χ3n) is 11.1. The van der Waals surface area contributed by atoms with E-state index in [0.717, 1.165) is 96.3 Å². The molecule has 0 aliphatic heterocycles. The van der Waals surface area contributed by atoms with E-state index in [0.29, 0.717) is 12.8 Å². The van der Waals surface area contributed by atoms with Crippen LogP contribution in [0.15, 0.2) is 48.6 Å². The van der Waals surface area contributed by atoms with Crippen molar-refractivity contribution in [1.29, 1.82) is 0 Å². The van der Waals surface area contributed by atoms with E-state index in [4.69, 9.17) is 14.9 Å². The number of carboxylic acid groups (broad SMARTS) is 1. The molecule has 4 N–H and O–H groups in total. The third-order valence-corrected chi connectivity index (χ3v) is 11.1. The van der Waals surface area contributed by atoms with Crippen LogP contribution in [0.2, 0.25) is 0 Å². The van der Waals surface area contributed by atoms with Crippen molar-refractivity contribution in [3.05, 3.63) is 48.6 Å². The fourth-order valence-corrected chi connectivity index (χ4v) is 7.30. The molecule has 0 fully saturated rings. The Kier molecular flexibility index (Phi) is 43.9. The average Bonchev–Trinajstić information content (AvgIpc) is 3.25. The molecule has 0 heterocycles. The molecule has 0 radical (unpaired) electrons. The van der Waals surface area contributed by atoms with Crippen molar-refractivity contribution >= 4 is 23.8 Å². The number of carbonyl (C=O) groups excluding carboxylic acids is 3. The summed E-state index contributed by atoms with van der Waals surface area (Å²) in [6.07, 6.45) is 55.7. The summed E-state index contributed by atoms with van der Waals surface area (Å²) >= 11 is 0. The molecule has 0 aromatic heterocycles. The average molecular weight is 857 g/mol. The van der Waals surface area contributed by atoms with Crippen molar-refractivity contribution < 1.29 is 34.1 Å². The first-order chi connectivity index (χ1) is 29.8. The highest BCUT2D eigenvalue weighted by Gasteiger charge is 2.19. The molecular formula is C52H92N2O7. The SMILES string of the molecule is CC/C=C\C/C=C\C/C=C\C/C=C\CCCCC(CCCCCCCC(=O)NCC(=O)NC(CO)C(=O)O)OC(=O)CCCCCCCCCCCCCCCCCCCC. The van der Waals surface area contributed by atoms with Gasteiger partial charge in [-0.2, -0.15) is 0 Å². The van der Waals surface area contributed by atoms with E-state index in [1.807, 2.05) is 0 Å². The van der Waals surface area contributed by atoms with Crippen molar-refractivity contribution in [3.63, 3.8) is 0 Å². The van der Waals surface area contributed by atoms with Crippen molar-refractivity contribution in [2.75, 3.05) is 13.2 Å². The summed E-state index contributed by atoms with van der Waals surface area (Å²) in [5.41, 5.74) is 0. The number of aliphatic hydroxyl groups excluding tert-OH is 1. The van der Waals surface area contributed by atoms with Crippen LogP contribution < -0.4 is 10.6 Å². The molecule has 0 saturated carbocycles. The fourth-order valence-electron chi connectivity index (χ4n) is 7.30. The molecule has 2 atom stereocenters. The Hall–Kier alpha value is -3.20. The number of amides is 2. The van der Waals surface area contributed by atoms with E-state index in [1.165, 1.54) is 103 Å². The van der Waals surface area contributed by atoms with Gasteiger partial charge in [-0.25, -0.2) is 4.79 Å². The van der Waals surface area contributed by atoms with Gasteiger partial charge >= 0.3 is 11.9 Å². The zero-order chi connectivity index (χ0) is 44.7. The number of esters is 1. The molecule has 0 aromatic rings. The lowest BCUT2D eigenvalue weighted by Crippen LogP contribution is -2.47. The van der Waals surface area contributed by atoms with Crippen LogP contribution in [0.1, 0.15) is 232 Å². The predicted octanol–water partition coefficient (Wildman–Crippen LogP) is 13.1. The minimum absolute atomic E-state index is 0.0519. The van der Waals surface area contributed by atoms with E-state index in [2.05, 4.69) is 73.1 Å². The molecule has 0 bridgehead atoms. The summed E-state index contributed by atoms with van der Waals surface area (Å²) in [5, 5.41) is 22.6. The first kappa shape index (κ1) is 57.8. The van der Waals surface area contributed by atoms with Gasteiger partial charge in [-0.3, -0.25) is 14.4 Å². The number of ether oxygens (including phenoxy) is 1. The van der Waals surface area contributed by atoms with Crippen molar-refractivity contribution in [2.45, 2.75) is 244 Å². The molecule has 352 valence electrons. The largest absolute Gasteiger partial charge is 0.480 e. The number of aliphatic carboxylic acids is 1. The van der Waals surface area contributed by atoms with Crippen molar-refractivity contribution in [2.24, 2.45) is 0 Å².